The maximum absolute atomic E-state index is 5.34. The molecule has 2 atom stereocenters. The van der Waals surface area contributed by atoms with Crippen LogP contribution in [0.25, 0.3) is 0 Å². The quantitative estimate of drug-likeness (QED) is 0.719. The van der Waals surface area contributed by atoms with E-state index in [4.69, 9.17) is 4.74 Å². The molecule has 2 heteroatoms. The van der Waals surface area contributed by atoms with Gasteiger partial charge in [0.25, 0.3) is 0 Å². The fraction of sp³-hybridized carbons (Fsp3) is 1.00. The minimum atomic E-state index is 0.751. The van der Waals surface area contributed by atoms with E-state index in [0.717, 1.165) is 31.2 Å². The van der Waals surface area contributed by atoms with E-state index < -0.39 is 0 Å². The second kappa shape index (κ2) is 4.43. The molecular formula is C11H21NO. The lowest BCUT2D eigenvalue weighted by Crippen LogP contribution is -2.36. The molecule has 2 fully saturated rings. The second-order valence-corrected chi connectivity index (χ2v) is 4.44. The first-order chi connectivity index (χ1) is 6.40. The highest BCUT2D eigenvalue weighted by atomic mass is 16.5. The molecule has 13 heavy (non-hydrogen) atoms. The number of hydrogen-bond acceptors (Lipinski definition) is 2. The SMILES string of the molecule is CCCC1CC1NC1CCOCC1. The van der Waals surface area contributed by atoms with Gasteiger partial charge in [0.15, 0.2) is 0 Å². The highest BCUT2D eigenvalue weighted by molar-refractivity contribution is 4.94. The molecule has 0 bridgehead atoms. The molecule has 1 heterocycles. The minimum Gasteiger partial charge on any atom is -0.381 e. The van der Waals surface area contributed by atoms with E-state index in [1.165, 1.54) is 32.1 Å². The van der Waals surface area contributed by atoms with Crippen molar-refractivity contribution < 1.29 is 4.74 Å². The van der Waals surface area contributed by atoms with Crippen molar-refractivity contribution in [2.75, 3.05) is 13.2 Å². The van der Waals surface area contributed by atoms with Crippen LogP contribution in [0.15, 0.2) is 0 Å². The molecule has 1 aliphatic heterocycles. The Kier molecular flexibility index (Phi) is 3.23. The third kappa shape index (κ3) is 2.68. The molecule has 2 unspecified atom stereocenters. The molecular weight excluding hydrogens is 162 g/mol. The van der Waals surface area contributed by atoms with Gasteiger partial charge in [-0.15, -0.1) is 0 Å². The molecule has 0 radical (unpaired) electrons. The normalized spacial score (nSPS) is 34.8. The highest BCUT2D eigenvalue weighted by Crippen LogP contribution is 2.35. The predicted molar refractivity (Wildman–Crippen MR) is 53.8 cm³/mol. The van der Waals surface area contributed by atoms with Gasteiger partial charge in [-0.3, -0.25) is 0 Å². The summed E-state index contributed by atoms with van der Waals surface area (Å²) < 4.78 is 5.34. The zero-order valence-corrected chi connectivity index (χ0v) is 8.59. The van der Waals surface area contributed by atoms with Crippen molar-refractivity contribution in [1.29, 1.82) is 0 Å². The van der Waals surface area contributed by atoms with Crippen molar-refractivity contribution in [2.24, 2.45) is 5.92 Å². The molecule has 2 aliphatic rings. The molecule has 0 aromatic carbocycles. The van der Waals surface area contributed by atoms with Crippen LogP contribution in [0.3, 0.4) is 0 Å². The molecule has 1 aliphatic carbocycles. The standard InChI is InChI=1S/C11H21NO/c1-2-3-9-8-11(9)12-10-4-6-13-7-5-10/h9-12H,2-8H2,1H3. The van der Waals surface area contributed by atoms with Crippen molar-refractivity contribution in [3.8, 4) is 0 Å². The summed E-state index contributed by atoms with van der Waals surface area (Å²) in [6.45, 7) is 4.20. The van der Waals surface area contributed by atoms with Gasteiger partial charge in [-0.05, 0) is 31.6 Å². The van der Waals surface area contributed by atoms with Gasteiger partial charge in [0, 0.05) is 25.3 Å². The molecule has 0 aromatic rings. The van der Waals surface area contributed by atoms with Gasteiger partial charge in [-0.2, -0.15) is 0 Å². The van der Waals surface area contributed by atoms with Gasteiger partial charge in [0.05, 0.1) is 0 Å². The van der Waals surface area contributed by atoms with Crippen LogP contribution < -0.4 is 5.32 Å². The van der Waals surface area contributed by atoms with Gasteiger partial charge in [-0.1, -0.05) is 13.3 Å². The number of rotatable bonds is 4. The lowest BCUT2D eigenvalue weighted by Gasteiger charge is -2.23. The van der Waals surface area contributed by atoms with Gasteiger partial charge in [0.2, 0.25) is 0 Å². The fourth-order valence-electron chi connectivity index (χ4n) is 2.31. The lowest BCUT2D eigenvalue weighted by molar-refractivity contribution is 0.0772. The molecule has 0 amide bonds. The average molecular weight is 183 g/mol. The maximum atomic E-state index is 5.34. The van der Waals surface area contributed by atoms with Gasteiger partial charge < -0.3 is 10.1 Å². The van der Waals surface area contributed by atoms with Crippen LogP contribution in [-0.4, -0.2) is 25.3 Å². The largest absolute Gasteiger partial charge is 0.381 e. The highest BCUT2D eigenvalue weighted by Gasteiger charge is 2.37. The van der Waals surface area contributed by atoms with E-state index in [9.17, 15) is 0 Å². The lowest BCUT2D eigenvalue weighted by atomic mass is 10.1. The van der Waals surface area contributed by atoms with Crippen molar-refractivity contribution in [2.45, 2.75) is 51.1 Å². The van der Waals surface area contributed by atoms with E-state index in [0.29, 0.717) is 0 Å². The number of ether oxygens (including phenoxy) is 1. The van der Waals surface area contributed by atoms with Gasteiger partial charge in [0.1, 0.15) is 0 Å². The number of hydrogen-bond donors (Lipinski definition) is 1. The Labute approximate surface area is 81.0 Å². The molecule has 0 aromatic heterocycles. The molecule has 1 N–H and O–H groups in total. The van der Waals surface area contributed by atoms with Crippen LogP contribution in [0.5, 0.6) is 0 Å². The Hall–Kier alpha value is -0.0800. The first kappa shape index (κ1) is 9.47. The van der Waals surface area contributed by atoms with Crippen LogP contribution in [0.4, 0.5) is 0 Å². The predicted octanol–water partition coefficient (Wildman–Crippen LogP) is 1.94. The first-order valence-corrected chi connectivity index (χ1v) is 5.74. The van der Waals surface area contributed by atoms with Crippen molar-refractivity contribution >= 4 is 0 Å². The zero-order valence-electron chi connectivity index (χ0n) is 8.59. The van der Waals surface area contributed by atoms with Crippen LogP contribution in [0.1, 0.15) is 39.0 Å². The van der Waals surface area contributed by atoms with Crippen LogP contribution in [-0.2, 0) is 4.74 Å². The summed E-state index contributed by atoms with van der Waals surface area (Å²) in [5, 5.41) is 3.75. The molecule has 1 saturated heterocycles. The van der Waals surface area contributed by atoms with Gasteiger partial charge in [-0.25, -0.2) is 0 Å². The first-order valence-electron chi connectivity index (χ1n) is 5.74. The smallest absolute Gasteiger partial charge is 0.0480 e. The Morgan fingerprint density at radius 2 is 2.08 bits per heavy atom. The summed E-state index contributed by atoms with van der Waals surface area (Å²) >= 11 is 0. The summed E-state index contributed by atoms with van der Waals surface area (Å²) in [5.41, 5.74) is 0. The van der Waals surface area contributed by atoms with E-state index in [2.05, 4.69) is 12.2 Å². The van der Waals surface area contributed by atoms with Crippen LogP contribution in [0, 0.1) is 5.92 Å². The van der Waals surface area contributed by atoms with Crippen molar-refractivity contribution in [3.05, 3.63) is 0 Å². The Morgan fingerprint density at radius 3 is 2.77 bits per heavy atom. The minimum absolute atomic E-state index is 0.751. The molecule has 2 rings (SSSR count). The third-order valence-corrected chi connectivity index (χ3v) is 3.25. The monoisotopic (exact) mass is 183 g/mol. The third-order valence-electron chi connectivity index (χ3n) is 3.25. The molecule has 0 spiro atoms. The van der Waals surface area contributed by atoms with E-state index in [-0.39, 0.29) is 0 Å². The summed E-state index contributed by atoms with van der Waals surface area (Å²) in [5.74, 6) is 0.993. The van der Waals surface area contributed by atoms with E-state index in [1.54, 1.807) is 0 Å². The Bertz CT molecular complexity index is 154. The molecule has 76 valence electrons. The zero-order chi connectivity index (χ0) is 9.10. The summed E-state index contributed by atoms with van der Waals surface area (Å²) in [4.78, 5) is 0. The topological polar surface area (TPSA) is 21.3 Å². The van der Waals surface area contributed by atoms with Crippen LogP contribution in [0.2, 0.25) is 0 Å². The summed E-state index contributed by atoms with van der Waals surface area (Å²) in [7, 11) is 0. The second-order valence-electron chi connectivity index (χ2n) is 4.44. The maximum Gasteiger partial charge on any atom is 0.0480 e. The molecule has 2 nitrogen and oxygen atoms in total. The van der Waals surface area contributed by atoms with E-state index >= 15 is 0 Å². The van der Waals surface area contributed by atoms with E-state index in [1.807, 2.05) is 0 Å². The number of nitrogens with one attached hydrogen (secondary N) is 1. The average Bonchev–Trinajstić information content (AvgIpc) is 2.86. The van der Waals surface area contributed by atoms with Crippen molar-refractivity contribution in [3.63, 3.8) is 0 Å². The van der Waals surface area contributed by atoms with Crippen molar-refractivity contribution in [1.82, 2.24) is 5.32 Å². The van der Waals surface area contributed by atoms with Crippen LogP contribution >= 0.6 is 0 Å². The fourth-order valence-corrected chi connectivity index (χ4v) is 2.31. The summed E-state index contributed by atoms with van der Waals surface area (Å²) in [6, 6.07) is 1.60. The summed E-state index contributed by atoms with van der Waals surface area (Å²) in [6.07, 6.45) is 6.62. The molecule has 1 saturated carbocycles. The Balaban J connectivity index is 1.62. The van der Waals surface area contributed by atoms with Gasteiger partial charge >= 0.3 is 0 Å². The Morgan fingerprint density at radius 1 is 1.31 bits per heavy atom.